The van der Waals surface area contributed by atoms with E-state index < -0.39 is 0 Å². The summed E-state index contributed by atoms with van der Waals surface area (Å²) in [4.78, 5) is 0. The topological polar surface area (TPSA) is 93.7 Å². The molecular weight excluding hydrogens is 324 g/mol. The van der Waals surface area contributed by atoms with Crippen LogP contribution in [-0.4, -0.2) is 23.3 Å². The number of benzene rings is 1. The molecule has 0 spiro atoms. The van der Waals surface area contributed by atoms with Gasteiger partial charge in [0.2, 0.25) is 5.96 Å². The Labute approximate surface area is 156 Å². The molecule has 0 saturated carbocycles. The highest BCUT2D eigenvalue weighted by atomic mass is 15.3. The van der Waals surface area contributed by atoms with E-state index in [0.717, 1.165) is 19.4 Å². The molecule has 0 fully saturated rings. The smallest absolute Gasteiger partial charge is 0.211 e. The summed E-state index contributed by atoms with van der Waals surface area (Å²) < 4.78 is 2.24. The van der Waals surface area contributed by atoms with Crippen LogP contribution in [0, 0.1) is 13.8 Å². The van der Waals surface area contributed by atoms with Gasteiger partial charge in [0.15, 0.2) is 0 Å². The summed E-state index contributed by atoms with van der Waals surface area (Å²) in [7, 11) is 0. The van der Waals surface area contributed by atoms with Crippen molar-refractivity contribution < 1.29 is 0 Å². The van der Waals surface area contributed by atoms with Crippen molar-refractivity contribution in [2.45, 2.75) is 46.5 Å². The monoisotopic (exact) mass is 354 g/mol. The maximum atomic E-state index is 5.26. The number of aromatic nitrogens is 1. The standard InChI is InChI=1S/C20H30N6/c1-4-5-10-23-19-13-18(9-8-16(19)3)26-14-15(2)12-17(26)7-6-11-24-25-20(21)22/h8-9,11-14,23H,4-7,10H2,1-3H3,(H4,21,22,25)/b24-11+. The van der Waals surface area contributed by atoms with E-state index in [-0.39, 0.29) is 5.96 Å². The highest BCUT2D eigenvalue weighted by Crippen LogP contribution is 2.23. The van der Waals surface area contributed by atoms with Crippen LogP contribution in [0.1, 0.15) is 43.0 Å². The van der Waals surface area contributed by atoms with Gasteiger partial charge in [0, 0.05) is 36.0 Å². The van der Waals surface area contributed by atoms with Gasteiger partial charge in [-0.2, -0.15) is 5.10 Å². The van der Waals surface area contributed by atoms with Crippen molar-refractivity contribution in [3.63, 3.8) is 0 Å². The number of anilines is 1. The lowest BCUT2D eigenvalue weighted by atomic mass is 10.1. The van der Waals surface area contributed by atoms with Crippen molar-refractivity contribution >= 4 is 17.9 Å². The summed E-state index contributed by atoms with van der Waals surface area (Å²) in [5.41, 5.74) is 16.6. The zero-order valence-corrected chi connectivity index (χ0v) is 16.0. The summed E-state index contributed by atoms with van der Waals surface area (Å²) in [6, 6.07) is 8.76. The first kappa shape index (κ1) is 19.6. The van der Waals surface area contributed by atoms with Gasteiger partial charge in [0.1, 0.15) is 0 Å². The maximum absolute atomic E-state index is 5.26. The minimum absolute atomic E-state index is 0.0248. The van der Waals surface area contributed by atoms with Gasteiger partial charge in [0.05, 0.1) is 0 Å². The zero-order valence-electron chi connectivity index (χ0n) is 16.0. The molecule has 140 valence electrons. The van der Waals surface area contributed by atoms with Crippen LogP contribution in [0.2, 0.25) is 0 Å². The lowest BCUT2D eigenvalue weighted by Gasteiger charge is -2.14. The minimum atomic E-state index is -0.0248. The van der Waals surface area contributed by atoms with Gasteiger partial charge < -0.3 is 21.4 Å². The van der Waals surface area contributed by atoms with Crippen molar-refractivity contribution in [3.05, 3.63) is 47.3 Å². The molecule has 0 aliphatic carbocycles. The van der Waals surface area contributed by atoms with Crippen molar-refractivity contribution in [2.24, 2.45) is 21.7 Å². The molecule has 0 radical (unpaired) electrons. The molecule has 6 nitrogen and oxygen atoms in total. The first-order chi connectivity index (χ1) is 12.5. The molecule has 5 N–H and O–H groups in total. The zero-order chi connectivity index (χ0) is 18.9. The molecule has 0 amide bonds. The highest BCUT2D eigenvalue weighted by Gasteiger charge is 2.07. The Hall–Kier alpha value is -2.76. The highest BCUT2D eigenvalue weighted by molar-refractivity contribution is 5.76. The summed E-state index contributed by atoms with van der Waals surface area (Å²) in [6.07, 6.45) is 7.90. The van der Waals surface area contributed by atoms with E-state index in [2.05, 4.69) is 71.3 Å². The Kier molecular flexibility index (Phi) is 7.26. The Morgan fingerprint density at radius 2 is 2.04 bits per heavy atom. The third-order valence-corrected chi connectivity index (χ3v) is 4.17. The number of nitrogens with one attached hydrogen (secondary N) is 1. The number of aryl methyl sites for hydroxylation is 3. The van der Waals surface area contributed by atoms with Crippen LogP contribution >= 0.6 is 0 Å². The SMILES string of the molecule is CCCCNc1cc(-n2cc(C)cc2CC/C=N/N=C(N)N)ccc1C. The summed E-state index contributed by atoms with van der Waals surface area (Å²) in [5, 5.41) is 11.0. The Morgan fingerprint density at radius 3 is 2.77 bits per heavy atom. The molecule has 0 aliphatic heterocycles. The fourth-order valence-electron chi connectivity index (χ4n) is 2.82. The third-order valence-electron chi connectivity index (χ3n) is 4.17. The Bertz CT molecular complexity index is 769. The van der Waals surface area contributed by atoms with Gasteiger partial charge in [-0.3, -0.25) is 0 Å². The van der Waals surface area contributed by atoms with E-state index in [9.17, 15) is 0 Å². The minimum Gasteiger partial charge on any atom is -0.385 e. The van der Waals surface area contributed by atoms with Crippen LogP contribution in [0.3, 0.4) is 0 Å². The molecule has 0 saturated heterocycles. The second kappa shape index (κ2) is 9.65. The largest absolute Gasteiger partial charge is 0.385 e. The van der Waals surface area contributed by atoms with Gasteiger partial charge >= 0.3 is 0 Å². The van der Waals surface area contributed by atoms with Gasteiger partial charge in [0.25, 0.3) is 0 Å². The molecule has 0 unspecified atom stereocenters. The van der Waals surface area contributed by atoms with Crippen LogP contribution in [0.25, 0.3) is 5.69 Å². The first-order valence-corrected chi connectivity index (χ1v) is 9.14. The number of rotatable bonds is 9. The van der Waals surface area contributed by atoms with E-state index in [1.807, 2.05) is 0 Å². The maximum Gasteiger partial charge on any atom is 0.211 e. The second-order valence-corrected chi connectivity index (χ2v) is 6.52. The molecule has 0 bridgehead atoms. The van der Waals surface area contributed by atoms with E-state index in [1.165, 1.54) is 41.0 Å². The molecule has 26 heavy (non-hydrogen) atoms. The number of unbranched alkanes of at least 4 members (excludes halogenated alkanes) is 1. The molecular formula is C20H30N6. The molecule has 2 rings (SSSR count). The van der Waals surface area contributed by atoms with Gasteiger partial charge in [-0.25, -0.2) is 0 Å². The van der Waals surface area contributed by atoms with Crippen molar-refractivity contribution in [1.82, 2.24) is 4.57 Å². The lowest BCUT2D eigenvalue weighted by molar-refractivity contribution is 0.833. The molecule has 1 aromatic carbocycles. The van der Waals surface area contributed by atoms with Crippen molar-refractivity contribution in [3.8, 4) is 5.69 Å². The van der Waals surface area contributed by atoms with Gasteiger partial charge in [-0.15, -0.1) is 5.10 Å². The molecule has 0 aliphatic rings. The van der Waals surface area contributed by atoms with E-state index in [4.69, 9.17) is 11.5 Å². The number of guanidine groups is 1. The normalized spacial score (nSPS) is 11.0. The lowest BCUT2D eigenvalue weighted by Crippen LogP contribution is -2.21. The van der Waals surface area contributed by atoms with E-state index in [0.29, 0.717) is 0 Å². The fourth-order valence-corrected chi connectivity index (χ4v) is 2.82. The van der Waals surface area contributed by atoms with E-state index in [1.54, 1.807) is 6.21 Å². The number of hydrogen-bond donors (Lipinski definition) is 3. The average Bonchev–Trinajstić information content (AvgIpc) is 2.97. The third kappa shape index (κ3) is 5.65. The first-order valence-electron chi connectivity index (χ1n) is 9.14. The molecule has 1 heterocycles. The van der Waals surface area contributed by atoms with E-state index >= 15 is 0 Å². The summed E-state index contributed by atoms with van der Waals surface area (Å²) in [6.45, 7) is 7.46. The second-order valence-electron chi connectivity index (χ2n) is 6.52. The van der Waals surface area contributed by atoms with Crippen LogP contribution < -0.4 is 16.8 Å². The molecule has 2 aromatic rings. The van der Waals surface area contributed by atoms with Crippen molar-refractivity contribution in [2.75, 3.05) is 11.9 Å². The quantitative estimate of drug-likeness (QED) is 0.278. The summed E-state index contributed by atoms with van der Waals surface area (Å²) in [5.74, 6) is -0.0248. The van der Waals surface area contributed by atoms with Crippen LogP contribution in [-0.2, 0) is 6.42 Å². The van der Waals surface area contributed by atoms with Crippen LogP contribution in [0.15, 0.2) is 40.7 Å². The Morgan fingerprint density at radius 1 is 1.23 bits per heavy atom. The predicted octanol–water partition coefficient (Wildman–Crippen LogP) is 3.50. The molecule has 6 heteroatoms. The van der Waals surface area contributed by atoms with Gasteiger partial charge in [-0.05, 0) is 62.4 Å². The summed E-state index contributed by atoms with van der Waals surface area (Å²) >= 11 is 0. The van der Waals surface area contributed by atoms with Crippen LogP contribution in [0.4, 0.5) is 5.69 Å². The number of nitrogens with zero attached hydrogens (tertiary/aromatic N) is 3. The number of hydrogen-bond acceptors (Lipinski definition) is 3. The van der Waals surface area contributed by atoms with Crippen LogP contribution in [0.5, 0.6) is 0 Å². The van der Waals surface area contributed by atoms with Crippen molar-refractivity contribution in [1.29, 1.82) is 0 Å². The number of nitrogens with two attached hydrogens (primary N) is 2. The van der Waals surface area contributed by atoms with Gasteiger partial charge in [-0.1, -0.05) is 19.4 Å². The Balaban J connectivity index is 2.16. The average molecular weight is 355 g/mol. The molecule has 0 atom stereocenters. The fraction of sp³-hybridized carbons (Fsp3) is 0.400. The molecule has 1 aromatic heterocycles. The predicted molar refractivity (Wildman–Crippen MR) is 111 cm³/mol.